The van der Waals surface area contributed by atoms with Crippen LogP contribution in [0.1, 0.15) is 33.1 Å². The number of carboxylic acid groups (broad SMARTS) is 1. The third kappa shape index (κ3) is 3.33. The van der Waals surface area contributed by atoms with Gasteiger partial charge in [0, 0.05) is 18.7 Å². The summed E-state index contributed by atoms with van der Waals surface area (Å²) in [4.78, 5) is 29.5. The number of ether oxygens (including phenoxy) is 1. The van der Waals surface area contributed by atoms with Crippen molar-refractivity contribution in [2.45, 2.75) is 12.8 Å². The summed E-state index contributed by atoms with van der Waals surface area (Å²) < 4.78 is 5.58. The predicted molar refractivity (Wildman–Crippen MR) is 109 cm³/mol. The first-order chi connectivity index (χ1) is 14.0. The molecule has 6 heteroatoms. The van der Waals surface area contributed by atoms with E-state index in [1.54, 1.807) is 13.0 Å². The molecule has 1 aromatic heterocycles. The lowest BCUT2D eigenvalue weighted by Gasteiger charge is -2.20. The van der Waals surface area contributed by atoms with E-state index in [2.05, 4.69) is 17.1 Å². The zero-order chi connectivity index (χ0) is 20.5. The zero-order valence-electron chi connectivity index (χ0n) is 16.1. The second kappa shape index (κ2) is 7.39. The lowest BCUT2D eigenvalue weighted by atomic mass is 9.98. The van der Waals surface area contributed by atoms with Crippen LogP contribution in [0.15, 0.2) is 60.7 Å². The number of aryl methyl sites for hydroxylation is 1. The number of pyridine rings is 1. The van der Waals surface area contributed by atoms with Crippen LogP contribution in [0.2, 0.25) is 0 Å². The molecule has 2 aromatic carbocycles. The number of benzene rings is 2. The molecule has 0 radical (unpaired) electrons. The third-order valence-electron chi connectivity index (χ3n) is 5.17. The quantitative estimate of drug-likeness (QED) is 0.713. The van der Waals surface area contributed by atoms with Gasteiger partial charge in [0.2, 0.25) is 0 Å². The van der Waals surface area contributed by atoms with E-state index in [1.165, 1.54) is 13.1 Å². The summed E-state index contributed by atoms with van der Waals surface area (Å²) in [6.45, 7) is 1.89. The lowest BCUT2D eigenvalue weighted by molar-refractivity contribution is 0.0697. The molecular formula is C23H20N2O4. The second-order valence-corrected chi connectivity index (χ2v) is 6.99. The smallest absolute Gasteiger partial charge is 0.415 e. The van der Waals surface area contributed by atoms with Gasteiger partial charge in [0.15, 0.2) is 5.82 Å². The van der Waals surface area contributed by atoms with E-state index in [4.69, 9.17) is 4.74 Å². The number of fused-ring (bicyclic) bond motifs is 3. The number of carboxylic acids is 1. The molecule has 6 nitrogen and oxygen atoms in total. The van der Waals surface area contributed by atoms with Gasteiger partial charge in [-0.1, -0.05) is 48.5 Å². The fourth-order valence-electron chi connectivity index (χ4n) is 3.74. The molecule has 0 bridgehead atoms. The number of hydrogen-bond donors (Lipinski definition) is 1. The average Bonchev–Trinajstić information content (AvgIpc) is 3.05. The highest BCUT2D eigenvalue weighted by Gasteiger charge is 2.30. The number of carbonyl (C=O) groups excluding carboxylic acids is 1. The van der Waals surface area contributed by atoms with Gasteiger partial charge in [-0.05, 0) is 41.3 Å². The highest BCUT2D eigenvalue weighted by Crippen LogP contribution is 2.44. The van der Waals surface area contributed by atoms with E-state index >= 15 is 0 Å². The Hall–Kier alpha value is -3.67. The summed E-state index contributed by atoms with van der Waals surface area (Å²) in [6, 6.07) is 19.2. The molecule has 29 heavy (non-hydrogen) atoms. The number of hydrogen-bond acceptors (Lipinski definition) is 4. The number of aromatic nitrogens is 1. The predicted octanol–water partition coefficient (Wildman–Crippen LogP) is 4.47. The van der Waals surface area contributed by atoms with Crippen LogP contribution < -0.4 is 4.90 Å². The molecule has 1 amide bonds. The second-order valence-electron chi connectivity index (χ2n) is 6.99. The number of carbonyl (C=O) groups is 2. The van der Waals surface area contributed by atoms with Crippen LogP contribution in [0, 0.1) is 6.92 Å². The Morgan fingerprint density at radius 3 is 2.17 bits per heavy atom. The summed E-state index contributed by atoms with van der Waals surface area (Å²) in [5, 5.41) is 9.39. The van der Waals surface area contributed by atoms with Crippen molar-refractivity contribution < 1.29 is 19.4 Å². The van der Waals surface area contributed by atoms with E-state index in [-0.39, 0.29) is 23.9 Å². The highest BCUT2D eigenvalue weighted by atomic mass is 16.6. The van der Waals surface area contributed by atoms with Crippen LogP contribution in [-0.2, 0) is 4.74 Å². The summed E-state index contributed by atoms with van der Waals surface area (Å²) in [7, 11) is 1.47. The van der Waals surface area contributed by atoms with Crippen molar-refractivity contribution in [2.24, 2.45) is 0 Å². The molecule has 0 aliphatic heterocycles. The fourth-order valence-corrected chi connectivity index (χ4v) is 3.74. The molecule has 1 aliphatic rings. The van der Waals surface area contributed by atoms with Crippen LogP contribution in [-0.4, -0.2) is 35.8 Å². The minimum atomic E-state index is -1.15. The number of aromatic carboxylic acids is 1. The average molecular weight is 388 g/mol. The maximum atomic E-state index is 12.7. The summed E-state index contributed by atoms with van der Waals surface area (Å²) >= 11 is 0. The minimum Gasteiger partial charge on any atom is -0.478 e. The highest BCUT2D eigenvalue weighted by molar-refractivity contribution is 5.98. The van der Waals surface area contributed by atoms with Crippen LogP contribution in [0.25, 0.3) is 11.1 Å². The molecule has 3 aromatic rings. The van der Waals surface area contributed by atoms with Gasteiger partial charge in [0.1, 0.15) is 12.2 Å². The maximum Gasteiger partial charge on any atom is 0.415 e. The Morgan fingerprint density at radius 2 is 1.59 bits per heavy atom. The summed E-state index contributed by atoms with van der Waals surface area (Å²) in [6.07, 6.45) is -0.646. The van der Waals surface area contributed by atoms with Gasteiger partial charge in [-0.3, -0.25) is 4.90 Å². The summed E-state index contributed by atoms with van der Waals surface area (Å²) in [5.41, 5.74) is 5.08. The van der Waals surface area contributed by atoms with Crippen molar-refractivity contribution in [1.29, 1.82) is 0 Å². The summed E-state index contributed by atoms with van der Waals surface area (Å²) in [5.74, 6) is -1.15. The Balaban J connectivity index is 1.57. The first kappa shape index (κ1) is 18.7. The van der Waals surface area contributed by atoms with Crippen molar-refractivity contribution in [3.63, 3.8) is 0 Å². The molecule has 4 rings (SSSR count). The normalized spacial score (nSPS) is 12.2. The molecule has 0 saturated carbocycles. The Morgan fingerprint density at radius 1 is 1.00 bits per heavy atom. The molecule has 0 unspecified atom stereocenters. The molecule has 1 N–H and O–H groups in total. The fraction of sp³-hybridized carbons (Fsp3) is 0.174. The van der Waals surface area contributed by atoms with Crippen LogP contribution in [0.4, 0.5) is 10.6 Å². The maximum absolute atomic E-state index is 12.7. The van der Waals surface area contributed by atoms with Crippen LogP contribution in [0.5, 0.6) is 0 Å². The van der Waals surface area contributed by atoms with Crippen LogP contribution in [0.3, 0.4) is 0 Å². The standard InChI is InChI=1S/C23H20N2O4/c1-14-11-12-19(22(26)27)21(24-14)25(2)23(28)29-13-20-17-9-5-3-7-15(17)16-8-4-6-10-18(16)20/h3-12,20H,13H2,1-2H3,(H,26,27). The van der Waals surface area contributed by atoms with Gasteiger partial charge in [-0.25, -0.2) is 14.6 Å². The van der Waals surface area contributed by atoms with Gasteiger partial charge >= 0.3 is 12.1 Å². The van der Waals surface area contributed by atoms with Crippen molar-refractivity contribution in [3.05, 3.63) is 83.0 Å². The Bertz CT molecular complexity index is 1060. The van der Waals surface area contributed by atoms with Crippen molar-refractivity contribution in [1.82, 2.24) is 4.98 Å². The molecule has 0 atom stereocenters. The minimum absolute atomic E-state index is 0.0494. The topological polar surface area (TPSA) is 79.7 Å². The van der Waals surface area contributed by atoms with Gasteiger partial charge < -0.3 is 9.84 Å². The molecule has 1 heterocycles. The molecule has 146 valence electrons. The largest absolute Gasteiger partial charge is 0.478 e. The number of anilines is 1. The van der Waals surface area contributed by atoms with Crippen molar-refractivity contribution in [3.8, 4) is 11.1 Å². The van der Waals surface area contributed by atoms with Crippen molar-refractivity contribution in [2.75, 3.05) is 18.6 Å². The number of amides is 1. The lowest BCUT2D eigenvalue weighted by Crippen LogP contribution is -2.31. The van der Waals surface area contributed by atoms with Gasteiger partial charge in [0.25, 0.3) is 0 Å². The van der Waals surface area contributed by atoms with Gasteiger partial charge in [-0.2, -0.15) is 0 Å². The van der Waals surface area contributed by atoms with Crippen LogP contribution >= 0.6 is 0 Å². The SMILES string of the molecule is Cc1ccc(C(=O)O)c(N(C)C(=O)OCC2c3ccccc3-c3ccccc32)n1. The third-order valence-corrected chi connectivity index (χ3v) is 5.17. The van der Waals surface area contributed by atoms with E-state index in [9.17, 15) is 14.7 Å². The van der Waals surface area contributed by atoms with E-state index < -0.39 is 12.1 Å². The Labute approximate surface area is 168 Å². The number of rotatable bonds is 4. The Kier molecular flexibility index (Phi) is 4.76. The first-order valence-electron chi connectivity index (χ1n) is 9.27. The van der Waals surface area contributed by atoms with E-state index in [0.717, 1.165) is 27.2 Å². The first-order valence-corrected chi connectivity index (χ1v) is 9.27. The van der Waals surface area contributed by atoms with Crippen molar-refractivity contribution >= 4 is 17.9 Å². The molecule has 0 fully saturated rings. The molecular weight excluding hydrogens is 368 g/mol. The van der Waals surface area contributed by atoms with Gasteiger partial charge in [0.05, 0.1) is 0 Å². The zero-order valence-corrected chi connectivity index (χ0v) is 16.1. The molecule has 0 spiro atoms. The van der Waals surface area contributed by atoms with E-state index in [0.29, 0.717) is 5.69 Å². The monoisotopic (exact) mass is 388 g/mol. The van der Waals surface area contributed by atoms with E-state index in [1.807, 2.05) is 36.4 Å². The number of nitrogens with zero attached hydrogens (tertiary/aromatic N) is 2. The molecule has 1 aliphatic carbocycles. The van der Waals surface area contributed by atoms with Gasteiger partial charge in [-0.15, -0.1) is 0 Å². The molecule has 0 saturated heterocycles.